The van der Waals surface area contributed by atoms with E-state index in [2.05, 4.69) is 0 Å². The zero-order valence-corrected chi connectivity index (χ0v) is 15.4. The summed E-state index contributed by atoms with van der Waals surface area (Å²) in [6, 6.07) is 12.2. The molecule has 27 heavy (non-hydrogen) atoms. The van der Waals surface area contributed by atoms with Crippen molar-refractivity contribution in [1.82, 2.24) is 0 Å². The van der Waals surface area contributed by atoms with E-state index in [0.717, 1.165) is 11.1 Å². The van der Waals surface area contributed by atoms with Crippen molar-refractivity contribution in [2.45, 2.75) is 20.0 Å². The topological polar surface area (TPSA) is 81.9 Å². The SMILES string of the molecule is Cc1ccc(C(C)OC(=O)c2ccc(N3CCOCC3)c([N+](=O)[O-])c2)cc1. The summed E-state index contributed by atoms with van der Waals surface area (Å²) in [5.74, 6) is -0.584. The fraction of sp³-hybridized carbons (Fsp3) is 0.350. The quantitative estimate of drug-likeness (QED) is 0.454. The highest BCUT2D eigenvalue weighted by molar-refractivity contribution is 5.91. The van der Waals surface area contributed by atoms with Crippen molar-refractivity contribution in [3.8, 4) is 0 Å². The second kappa shape index (κ2) is 8.18. The van der Waals surface area contributed by atoms with Crippen molar-refractivity contribution < 1.29 is 19.2 Å². The van der Waals surface area contributed by atoms with E-state index < -0.39 is 17.0 Å². The number of nitrogens with zero attached hydrogens (tertiary/aromatic N) is 2. The van der Waals surface area contributed by atoms with Crippen LogP contribution in [0.2, 0.25) is 0 Å². The minimum atomic E-state index is -0.584. The van der Waals surface area contributed by atoms with Crippen molar-refractivity contribution >= 4 is 17.3 Å². The van der Waals surface area contributed by atoms with Crippen LogP contribution in [0.1, 0.15) is 34.5 Å². The first-order valence-corrected chi connectivity index (χ1v) is 8.84. The summed E-state index contributed by atoms with van der Waals surface area (Å²) in [6.07, 6.45) is -0.448. The van der Waals surface area contributed by atoms with Gasteiger partial charge in [-0.3, -0.25) is 10.1 Å². The highest BCUT2D eigenvalue weighted by atomic mass is 16.6. The zero-order valence-electron chi connectivity index (χ0n) is 15.4. The molecule has 0 N–H and O–H groups in total. The predicted molar refractivity (Wildman–Crippen MR) is 101 cm³/mol. The largest absolute Gasteiger partial charge is 0.454 e. The standard InChI is InChI=1S/C20H22N2O5/c1-14-3-5-16(6-4-14)15(2)27-20(23)17-7-8-18(19(13-17)22(24)25)21-9-11-26-12-10-21/h3-8,13,15H,9-12H2,1-2H3. The molecule has 0 radical (unpaired) electrons. The number of esters is 1. The third-order valence-corrected chi connectivity index (χ3v) is 4.59. The molecule has 1 heterocycles. The van der Waals surface area contributed by atoms with Gasteiger partial charge in [-0.25, -0.2) is 4.79 Å². The van der Waals surface area contributed by atoms with Gasteiger partial charge in [0, 0.05) is 19.2 Å². The van der Waals surface area contributed by atoms with E-state index in [9.17, 15) is 14.9 Å². The Labute approximate surface area is 157 Å². The fourth-order valence-corrected chi connectivity index (χ4v) is 3.00. The van der Waals surface area contributed by atoms with E-state index in [0.29, 0.717) is 32.0 Å². The van der Waals surface area contributed by atoms with Gasteiger partial charge in [0.1, 0.15) is 11.8 Å². The molecule has 0 amide bonds. The molecular weight excluding hydrogens is 348 g/mol. The summed E-state index contributed by atoms with van der Waals surface area (Å²) in [6.45, 7) is 5.96. The highest BCUT2D eigenvalue weighted by Crippen LogP contribution is 2.30. The number of nitro groups is 1. The molecule has 1 saturated heterocycles. The maximum Gasteiger partial charge on any atom is 0.338 e. The number of anilines is 1. The Hall–Kier alpha value is -2.93. The van der Waals surface area contributed by atoms with Crippen LogP contribution >= 0.6 is 0 Å². The van der Waals surface area contributed by atoms with Crippen LogP contribution in [0.15, 0.2) is 42.5 Å². The maximum absolute atomic E-state index is 12.5. The molecule has 2 aromatic carbocycles. The van der Waals surface area contributed by atoms with Crippen molar-refractivity contribution in [1.29, 1.82) is 0 Å². The second-order valence-electron chi connectivity index (χ2n) is 6.52. The highest BCUT2D eigenvalue weighted by Gasteiger charge is 2.24. The average molecular weight is 370 g/mol. The molecule has 0 aliphatic carbocycles. The van der Waals surface area contributed by atoms with Gasteiger partial charge in [0.05, 0.1) is 23.7 Å². The summed E-state index contributed by atoms with van der Waals surface area (Å²) in [5.41, 5.74) is 2.54. The molecule has 1 aliphatic heterocycles. The lowest BCUT2D eigenvalue weighted by Crippen LogP contribution is -2.36. The number of nitro benzene ring substituents is 1. The van der Waals surface area contributed by atoms with Crippen molar-refractivity contribution in [2.24, 2.45) is 0 Å². The first kappa shape index (κ1) is 18.8. The Morgan fingerprint density at radius 2 is 1.85 bits per heavy atom. The number of ether oxygens (including phenoxy) is 2. The third kappa shape index (κ3) is 4.43. The van der Waals surface area contributed by atoms with Gasteiger partial charge in [-0.2, -0.15) is 0 Å². The number of rotatable bonds is 5. The van der Waals surface area contributed by atoms with Gasteiger partial charge < -0.3 is 14.4 Å². The average Bonchev–Trinajstić information content (AvgIpc) is 2.68. The summed E-state index contributed by atoms with van der Waals surface area (Å²) in [7, 11) is 0. The molecule has 0 aromatic heterocycles. The number of carbonyl (C=O) groups is 1. The first-order valence-electron chi connectivity index (χ1n) is 8.84. The predicted octanol–water partition coefficient (Wildman–Crippen LogP) is 3.66. The molecule has 0 bridgehead atoms. The molecular formula is C20H22N2O5. The first-order chi connectivity index (χ1) is 13.0. The maximum atomic E-state index is 12.5. The summed E-state index contributed by atoms with van der Waals surface area (Å²) in [5, 5.41) is 11.5. The van der Waals surface area contributed by atoms with E-state index >= 15 is 0 Å². The molecule has 3 rings (SSSR count). The van der Waals surface area contributed by atoms with E-state index in [1.807, 2.05) is 36.1 Å². The zero-order chi connectivity index (χ0) is 19.4. The fourth-order valence-electron chi connectivity index (χ4n) is 3.00. The van der Waals surface area contributed by atoms with Crippen LogP contribution in [0.3, 0.4) is 0 Å². The molecule has 7 nitrogen and oxygen atoms in total. The minimum Gasteiger partial charge on any atom is -0.454 e. The monoisotopic (exact) mass is 370 g/mol. The van der Waals surface area contributed by atoms with E-state index in [1.54, 1.807) is 19.1 Å². The molecule has 1 aliphatic rings. The summed E-state index contributed by atoms with van der Waals surface area (Å²) >= 11 is 0. The van der Waals surface area contributed by atoms with E-state index in [-0.39, 0.29) is 11.3 Å². The van der Waals surface area contributed by atoms with Gasteiger partial charge >= 0.3 is 5.97 Å². The van der Waals surface area contributed by atoms with Gasteiger partial charge in [0.15, 0.2) is 0 Å². The lowest BCUT2D eigenvalue weighted by atomic mass is 10.1. The molecule has 1 atom stereocenters. The van der Waals surface area contributed by atoms with E-state index in [1.165, 1.54) is 6.07 Å². The lowest BCUT2D eigenvalue weighted by molar-refractivity contribution is -0.384. The van der Waals surface area contributed by atoms with Crippen LogP contribution in [-0.4, -0.2) is 37.2 Å². The number of hydrogen-bond donors (Lipinski definition) is 0. The Morgan fingerprint density at radius 1 is 1.19 bits per heavy atom. The molecule has 1 unspecified atom stereocenters. The van der Waals surface area contributed by atoms with Crippen LogP contribution in [0.25, 0.3) is 0 Å². The summed E-state index contributed by atoms with van der Waals surface area (Å²) < 4.78 is 10.8. The van der Waals surface area contributed by atoms with Gasteiger partial charge in [0.25, 0.3) is 5.69 Å². The van der Waals surface area contributed by atoms with Crippen LogP contribution in [0.5, 0.6) is 0 Å². The Morgan fingerprint density at radius 3 is 2.48 bits per heavy atom. The number of aryl methyl sites for hydroxylation is 1. The van der Waals surface area contributed by atoms with Crippen LogP contribution < -0.4 is 4.90 Å². The van der Waals surface area contributed by atoms with Crippen LogP contribution in [-0.2, 0) is 9.47 Å². The van der Waals surface area contributed by atoms with Crippen LogP contribution in [0, 0.1) is 17.0 Å². The molecule has 0 spiro atoms. The lowest BCUT2D eigenvalue weighted by Gasteiger charge is -2.28. The van der Waals surface area contributed by atoms with Crippen molar-refractivity contribution in [3.05, 3.63) is 69.3 Å². The Bertz CT molecular complexity index is 829. The normalized spacial score (nSPS) is 15.3. The number of benzene rings is 2. The molecule has 7 heteroatoms. The van der Waals surface area contributed by atoms with Crippen LogP contribution in [0.4, 0.5) is 11.4 Å². The Balaban J connectivity index is 1.79. The summed E-state index contributed by atoms with van der Waals surface area (Å²) in [4.78, 5) is 25.4. The molecule has 142 valence electrons. The number of carbonyl (C=O) groups excluding carboxylic acids is 1. The number of hydrogen-bond acceptors (Lipinski definition) is 6. The minimum absolute atomic E-state index is 0.102. The molecule has 2 aromatic rings. The van der Waals surface area contributed by atoms with Gasteiger partial charge in [-0.15, -0.1) is 0 Å². The molecule has 0 saturated carbocycles. The van der Waals surface area contributed by atoms with Crippen molar-refractivity contribution in [3.63, 3.8) is 0 Å². The van der Waals surface area contributed by atoms with Gasteiger partial charge in [-0.1, -0.05) is 29.8 Å². The second-order valence-corrected chi connectivity index (χ2v) is 6.52. The molecule has 1 fully saturated rings. The smallest absolute Gasteiger partial charge is 0.338 e. The van der Waals surface area contributed by atoms with E-state index in [4.69, 9.17) is 9.47 Å². The Kier molecular flexibility index (Phi) is 5.71. The van der Waals surface area contributed by atoms with Gasteiger partial charge in [-0.05, 0) is 31.5 Å². The number of morpholine rings is 1. The van der Waals surface area contributed by atoms with Crippen molar-refractivity contribution in [2.75, 3.05) is 31.2 Å². The van der Waals surface area contributed by atoms with Gasteiger partial charge in [0.2, 0.25) is 0 Å². The third-order valence-electron chi connectivity index (χ3n) is 4.59.